The molecule has 3 aromatic carbocycles. The molecule has 0 bridgehead atoms. The van der Waals surface area contributed by atoms with Crippen LogP contribution < -0.4 is 5.32 Å². The van der Waals surface area contributed by atoms with Gasteiger partial charge in [0.1, 0.15) is 0 Å². The number of anilines is 1. The lowest BCUT2D eigenvalue weighted by Crippen LogP contribution is -2.24. The van der Waals surface area contributed by atoms with Crippen molar-refractivity contribution in [2.45, 2.75) is 13.8 Å². The molecule has 28 heavy (non-hydrogen) atoms. The first-order valence-corrected chi connectivity index (χ1v) is 9.23. The highest BCUT2D eigenvalue weighted by Crippen LogP contribution is 2.28. The standard InChI is InChI=1S/C23H19N5/c1-15-7-11-17(12-8-15)24-21-22(25-18-13-9-16(2)10-14-18)28-20-6-4-3-5-19(20)26-23(28)27-21/h3-14H,1-2H3,(H,24,26,27). The minimum atomic E-state index is 0.640. The number of amidine groups is 1. The lowest BCUT2D eigenvalue weighted by Gasteiger charge is -2.10. The molecule has 0 fully saturated rings. The first-order chi connectivity index (χ1) is 13.7. The molecule has 2 heterocycles. The van der Waals surface area contributed by atoms with E-state index in [9.17, 15) is 0 Å². The van der Waals surface area contributed by atoms with Crippen molar-refractivity contribution in [3.8, 4) is 0 Å². The first kappa shape index (κ1) is 16.4. The third-order valence-electron chi connectivity index (χ3n) is 4.76. The van der Waals surface area contributed by atoms with Gasteiger partial charge < -0.3 is 5.32 Å². The molecule has 0 saturated heterocycles. The van der Waals surface area contributed by atoms with Crippen molar-refractivity contribution < 1.29 is 0 Å². The van der Waals surface area contributed by atoms with Gasteiger partial charge in [-0.1, -0.05) is 47.5 Å². The minimum Gasteiger partial charge on any atom is -0.337 e. The van der Waals surface area contributed by atoms with Crippen LogP contribution in [0.3, 0.4) is 0 Å². The molecule has 1 aliphatic heterocycles. The maximum atomic E-state index is 4.90. The van der Waals surface area contributed by atoms with E-state index < -0.39 is 0 Å². The summed E-state index contributed by atoms with van der Waals surface area (Å²) in [5, 5.41) is 3.41. The largest absolute Gasteiger partial charge is 0.337 e. The number of nitrogens with zero attached hydrogens (tertiary/aromatic N) is 4. The number of aromatic nitrogens is 2. The second kappa shape index (κ2) is 6.46. The Morgan fingerprint density at radius 3 is 2.25 bits per heavy atom. The van der Waals surface area contributed by atoms with Gasteiger partial charge in [0.2, 0.25) is 5.95 Å². The predicted molar refractivity (Wildman–Crippen MR) is 115 cm³/mol. The molecule has 0 aliphatic carbocycles. The van der Waals surface area contributed by atoms with E-state index >= 15 is 0 Å². The van der Waals surface area contributed by atoms with Crippen molar-refractivity contribution in [3.05, 3.63) is 83.9 Å². The normalized spacial score (nSPS) is 14.4. The van der Waals surface area contributed by atoms with E-state index in [0.717, 1.165) is 28.2 Å². The lowest BCUT2D eigenvalue weighted by atomic mass is 10.2. The fourth-order valence-corrected chi connectivity index (χ4v) is 3.25. The number of aliphatic imine (C=N–C) groups is 2. The summed E-state index contributed by atoms with van der Waals surface area (Å²) < 4.78 is 2.01. The fourth-order valence-electron chi connectivity index (χ4n) is 3.25. The van der Waals surface area contributed by atoms with E-state index in [1.54, 1.807) is 0 Å². The van der Waals surface area contributed by atoms with Gasteiger partial charge in [0.05, 0.1) is 16.7 Å². The summed E-state index contributed by atoms with van der Waals surface area (Å²) in [5.74, 6) is 2.08. The molecule has 136 valence electrons. The lowest BCUT2D eigenvalue weighted by molar-refractivity contribution is 1.18. The van der Waals surface area contributed by atoms with Gasteiger partial charge in [0.15, 0.2) is 11.7 Å². The van der Waals surface area contributed by atoms with Gasteiger partial charge in [-0.05, 0) is 50.2 Å². The fraction of sp³-hybridized carbons (Fsp3) is 0.0870. The molecule has 4 aromatic rings. The van der Waals surface area contributed by atoms with Crippen LogP contribution in [0.25, 0.3) is 11.0 Å². The highest BCUT2D eigenvalue weighted by Gasteiger charge is 2.26. The highest BCUT2D eigenvalue weighted by atomic mass is 15.3. The summed E-state index contributed by atoms with van der Waals surface area (Å²) >= 11 is 0. The molecule has 5 nitrogen and oxygen atoms in total. The average Bonchev–Trinajstić information content (AvgIpc) is 3.22. The summed E-state index contributed by atoms with van der Waals surface area (Å²) in [5.41, 5.74) is 6.17. The summed E-state index contributed by atoms with van der Waals surface area (Å²) in [6, 6.07) is 24.4. The van der Waals surface area contributed by atoms with Crippen LogP contribution in [0.15, 0.2) is 82.8 Å². The maximum Gasteiger partial charge on any atom is 0.238 e. The van der Waals surface area contributed by atoms with E-state index in [4.69, 9.17) is 9.98 Å². The number of hydrogen-bond donors (Lipinski definition) is 1. The number of nitrogens with one attached hydrogen (secondary N) is 1. The Bertz CT molecular complexity index is 1230. The molecule has 0 saturated carbocycles. The van der Waals surface area contributed by atoms with Crippen LogP contribution in [-0.4, -0.2) is 21.2 Å². The van der Waals surface area contributed by atoms with Crippen molar-refractivity contribution in [2.75, 3.05) is 5.32 Å². The average molecular weight is 365 g/mol. The number of hydrogen-bond acceptors (Lipinski definition) is 4. The van der Waals surface area contributed by atoms with Gasteiger partial charge in [0.25, 0.3) is 0 Å². The number of benzene rings is 3. The predicted octanol–water partition coefficient (Wildman–Crippen LogP) is 5.39. The monoisotopic (exact) mass is 365 g/mol. The van der Waals surface area contributed by atoms with E-state index in [1.807, 2.05) is 53.1 Å². The van der Waals surface area contributed by atoms with Crippen LogP contribution >= 0.6 is 0 Å². The Morgan fingerprint density at radius 2 is 1.50 bits per heavy atom. The molecular formula is C23H19N5. The third-order valence-corrected chi connectivity index (χ3v) is 4.76. The first-order valence-electron chi connectivity index (χ1n) is 9.23. The molecular weight excluding hydrogens is 346 g/mol. The van der Waals surface area contributed by atoms with Gasteiger partial charge in [0, 0.05) is 5.69 Å². The van der Waals surface area contributed by atoms with Gasteiger partial charge in [-0.3, -0.25) is 4.57 Å². The second-order valence-electron chi connectivity index (χ2n) is 6.96. The zero-order chi connectivity index (χ0) is 19.1. The number of imidazole rings is 1. The van der Waals surface area contributed by atoms with E-state index in [1.165, 1.54) is 11.1 Å². The Morgan fingerprint density at radius 1 is 0.821 bits per heavy atom. The van der Waals surface area contributed by atoms with Crippen molar-refractivity contribution >= 4 is 40.0 Å². The van der Waals surface area contributed by atoms with Crippen LogP contribution in [0.4, 0.5) is 17.3 Å². The topological polar surface area (TPSA) is 54.6 Å². The molecule has 0 atom stereocenters. The van der Waals surface area contributed by atoms with E-state index in [0.29, 0.717) is 11.8 Å². The number of para-hydroxylation sites is 2. The summed E-state index contributed by atoms with van der Waals surface area (Å²) in [7, 11) is 0. The summed E-state index contributed by atoms with van der Waals surface area (Å²) in [6.07, 6.45) is 0. The van der Waals surface area contributed by atoms with Gasteiger partial charge in [-0.2, -0.15) is 4.99 Å². The zero-order valence-electron chi connectivity index (χ0n) is 15.7. The SMILES string of the molecule is Cc1ccc(N=C2C(Nc3ccc(C)cc3)=Nc3nc4ccccc4n32)cc1. The molecule has 1 aliphatic rings. The van der Waals surface area contributed by atoms with E-state index in [2.05, 4.69) is 48.4 Å². The molecule has 1 aromatic heterocycles. The zero-order valence-corrected chi connectivity index (χ0v) is 15.7. The Labute approximate surface area is 163 Å². The Balaban J connectivity index is 1.63. The molecule has 1 N–H and O–H groups in total. The van der Waals surface area contributed by atoms with Crippen LogP contribution in [0.1, 0.15) is 11.1 Å². The van der Waals surface area contributed by atoms with Crippen molar-refractivity contribution in [3.63, 3.8) is 0 Å². The Kier molecular flexibility index (Phi) is 3.79. The molecule has 5 rings (SSSR count). The van der Waals surface area contributed by atoms with Crippen molar-refractivity contribution in [1.29, 1.82) is 0 Å². The van der Waals surface area contributed by atoms with Gasteiger partial charge in [-0.25, -0.2) is 9.98 Å². The van der Waals surface area contributed by atoms with Crippen LogP contribution in [-0.2, 0) is 0 Å². The van der Waals surface area contributed by atoms with Crippen LogP contribution in [0, 0.1) is 13.8 Å². The van der Waals surface area contributed by atoms with Crippen LogP contribution in [0.5, 0.6) is 0 Å². The smallest absolute Gasteiger partial charge is 0.238 e. The molecule has 5 heteroatoms. The second-order valence-corrected chi connectivity index (χ2v) is 6.96. The molecule has 0 amide bonds. The van der Waals surface area contributed by atoms with E-state index in [-0.39, 0.29) is 0 Å². The Hall–Kier alpha value is -3.73. The highest BCUT2D eigenvalue weighted by molar-refractivity contribution is 6.49. The third kappa shape index (κ3) is 2.87. The maximum absolute atomic E-state index is 4.90. The molecule has 0 unspecified atom stereocenters. The van der Waals surface area contributed by atoms with Gasteiger partial charge >= 0.3 is 0 Å². The van der Waals surface area contributed by atoms with Crippen molar-refractivity contribution in [2.24, 2.45) is 9.98 Å². The molecule has 0 radical (unpaired) electrons. The number of fused-ring (bicyclic) bond motifs is 3. The minimum absolute atomic E-state index is 0.640. The quantitative estimate of drug-likeness (QED) is 0.518. The molecule has 0 spiro atoms. The number of rotatable bonds is 2. The van der Waals surface area contributed by atoms with Crippen molar-refractivity contribution in [1.82, 2.24) is 9.55 Å². The van der Waals surface area contributed by atoms with Gasteiger partial charge in [-0.15, -0.1) is 0 Å². The summed E-state index contributed by atoms with van der Waals surface area (Å²) in [4.78, 5) is 14.3. The summed E-state index contributed by atoms with van der Waals surface area (Å²) in [6.45, 7) is 4.14. The number of aryl methyl sites for hydroxylation is 2. The van der Waals surface area contributed by atoms with Crippen LogP contribution in [0.2, 0.25) is 0 Å².